The molecule has 0 heterocycles. The van der Waals surface area contributed by atoms with Crippen LogP contribution < -0.4 is 10.1 Å². The molecule has 0 spiro atoms. The molecule has 0 aromatic heterocycles. The van der Waals surface area contributed by atoms with Gasteiger partial charge in [-0.25, -0.2) is 0 Å². The van der Waals surface area contributed by atoms with Crippen molar-refractivity contribution < 1.29 is 14.5 Å². The summed E-state index contributed by atoms with van der Waals surface area (Å²) in [5.74, 6) is 0.0534. The highest BCUT2D eigenvalue weighted by molar-refractivity contribution is 9.11. The third-order valence-electron chi connectivity index (χ3n) is 4.61. The molecule has 1 amide bonds. The maximum atomic E-state index is 12.4. The van der Waals surface area contributed by atoms with E-state index in [1.165, 1.54) is 24.3 Å². The number of allylic oxidation sites excluding steroid dienone is 1. The lowest BCUT2D eigenvalue weighted by Gasteiger charge is -2.13. The van der Waals surface area contributed by atoms with Crippen molar-refractivity contribution in [1.82, 2.24) is 0 Å². The molecule has 0 bridgehead atoms. The summed E-state index contributed by atoms with van der Waals surface area (Å²) in [5, 5.41) is 23.4. The zero-order chi connectivity index (χ0) is 24.0. The number of anilines is 1. The van der Waals surface area contributed by atoms with Gasteiger partial charge in [0.05, 0.1) is 21.0 Å². The lowest BCUT2D eigenvalue weighted by atomic mass is 10.0. The fraction of sp³-hybridized carbons (Fsp3) is 0.0833. The number of hydrogen-bond acceptors (Lipinski definition) is 5. The Hall–Kier alpha value is -3.48. The summed E-state index contributed by atoms with van der Waals surface area (Å²) in [6, 6.07) is 18.7. The highest BCUT2D eigenvalue weighted by Gasteiger charge is 2.14. The Balaban J connectivity index is 1.86. The van der Waals surface area contributed by atoms with E-state index in [0.717, 1.165) is 10.0 Å². The maximum absolute atomic E-state index is 12.4. The van der Waals surface area contributed by atoms with Crippen molar-refractivity contribution in [3.05, 3.63) is 96.4 Å². The van der Waals surface area contributed by atoms with Gasteiger partial charge in [0.1, 0.15) is 5.75 Å². The van der Waals surface area contributed by atoms with Crippen LogP contribution in [-0.4, -0.2) is 17.4 Å². The van der Waals surface area contributed by atoms with Crippen molar-refractivity contribution in [1.29, 1.82) is 5.26 Å². The van der Waals surface area contributed by atoms with Crippen molar-refractivity contribution in [2.75, 3.05) is 11.9 Å². The number of nitrogens with one attached hydrogen (secondary N) is 1. The number of benzene rings is 3. The van der Waals surface area contributed by atoms with Gasteiger partial charge in [0.15, 0.2) is 6.61 Å². The molecule has 0 atom stereocenters. The van der Waals surface area contributed by atoms with E-state index < -0.39 is 4.92 Å². The van der Waals surface area contributed by atoms with Gasteiger partial charge < -0.3 is 10.1 Å². The summed E-state index contributed by atoms with van der Waals surface area (Å²) in [5.41, 5.74) is 2.92. The predicted molar refractivity (Wildman–Crippen MR) is 134 cm³/mol. The minimum absolute atomic E-state index is 0.0649. The fourth-order valence-electron chi connectivity index (χ4n) is 2.98. The number of para-hydroxylation sites is 1. The molecule has 0 saturated carbocycles. The van der Waals surface area contributed by atoms with Crippen LogP contribution in [0.4, 0.5) is 11.4 Å². The summed E-state index contributed by atoms with van der Waals surface area (Å²) in [6.07, 6.45) is 1.60. The number of non-ortho nitro benzene ring substituents is 1. The van der Waals surface area contributed by atoms with E-state index in [2.05, 4.69) is 43.2 Å². The molecule has 1 N–H and O–H groups in total. The number of rotatable bonds is 7. The van der Waals surface area contributed by atoms with Crippen LogP contribution in [0.1, 0.15) is 16.7 Å². The minimum atomic E-state index is -0.501. The number of amides is 1. The molecule has 166 valence electrons. The Morgan fingerprint density at radius 2 is 1.88 bits per heavy atom. The molecule has 7 nitrogen and oxygen atoms in total. The van der Waals surface area contributed by atoms with Crippen molar-refractivity contribution >= 4 is 60.8 Å². The first kappa shape index (κ1) is 24.2. The van der Waals surface area contributed by atoms with Gasteiger partial charge in [0, 0.05) is 27.9 Å². The quantitative estimate of drug-likeness (QED) is 0.151. The van der Waals surface area contributed by atoms with Gasteiger partial charge in [0.25, 0.3) is 11.6 Å². The summed E-state index contributed by atoms with van der Waals surface area (Å²) < 4.78 is 7.13. The number of nitro benzene ring substituents is 1. The van der Waals surface area contributed by atoms with Gasteiger partial charge in [0.2, 0.25) is 0 Å². The fourth-order valence-corrected chi connectivity index (χ4v) is 4.35. The number of carbonyl (C=O) groups excluding carboxylic acids is 1. The first-order chi connectivity index (χ1) is 15.8. The van der Waals surface area contributed by atoms with Crippen LogP contribution in [0.5, 0.6) is 5.75 Å². The molecule has 0 aliphatic heterocycles. The van der Waals surface area contributed by atoms with Crippen LogP contribution in [0.15, 0.2) is 69.6 Å². The lowest BCUT2D eigenvalue weighted by molar-refractivity contribution is -0.384. The zero-order valence-corrected chi connectivity index (χ0v) is 20.5. The van der Waals surface area contributed by atoms with E-state index in [-0.39, 0.29) is 23.8 Å². The molecule has 0 aliphatic rings. The number of nitrogens with zero attached hydrogens (tertiary/aromatic N) is 2. The predicted octanol–water partition coefficient (Wildman–Crippen LogP) is 6.51. The number of nitriles is 1. The Morgan fingerprint density at radius 3 is 2.52 bits per heavy atom. The summed E-state index contributed by atoms with van der Waals surface area (Å²) in [4.78, 5) is 22.8. The largest absolute Gasteiger partial charge is 0.482 e. The molecular formula is C24H17Br2N3O4. The molecule has 3 rings (SSSR count). The number of aryl methyl sites for hydroxylation is 1. The monoisotopic (exact) mass is 569 g/mol. The van der Waals surface area contributed by atoms with E-state index in [4.69, 9.17) is 4.74 Å². The van der Waals surface area contributed by atoms with Crippen molar-refractivity contribution in [2.24, 2.45) is 0 Å². The van der Waals surface area contributed by atoms with Crippen LogP contribution in [0.3, 0.4) is 0 Å². The third kappa shape index (κ3) is 6.28. The molecule has 0 fully saturated rings. The Morgan fingerprint density at radius 1 is 1.18 bits per heavy atom. The second-order valence-electron chi connectivity index (χ2n) is 6.93. The van der Waals surface area contributed by atoms with E-state index >= 15 is 0 Å². The first-order valence-electron chi connectivity index (χ1n) is 9.62. The number of hydrogen-bond donors (Lipinski definition) is 1. The zero-order valence-electron chi connectivity index (χ0n) is 17.3. The van der Waals surface area contributed by atoms with Crippen LogP contribution in [0.25, 0.3) is 11.6 Å². The van der Waals surface area contributed by atoms with Gasteiger partial charge in [-0.05, 0) is 70.4 Å². The molecule has 0 unspecified atom stereocenters. The van der Waals surface area contributed by atoms with Crippen molar-refractivity contribution in [2.45, 2.75) is 6.92 Å². The first-order valence-corrected chi connectivity index (χ1v) is 11.2. The smallest absolute Gasteiger partial charge is 0.269 e. The van der Waals surface area contributed by atoms with Crippen LogP contribution in [0.2, 0.25) is 0 Å². The molecule has 33 heavy (non-hydrogen) atoms. The van der Waals surface area contributed by atoms with Gasteiger partial charge in [-0.1, -0.05) is 34.1 Å². The number of nitro groups is 1. The second-order valence-corrected chi connectivity index (χ2v) is 8.70. The van der Waals surface area contributed by atoms with Crippen LogP contribution >= 0.6 is 31.9 Å². The van der Waals surface area contributed by atoms with E-state index in [1.54, 1.807) is 24.3 Å². The SMILES string of the molecule is Cc1ccccc1NC(=O)COc1c(Br)cc(Br)cc1/C=C(\C#N)c1ccc([N+](=O)[O-])cc1. The van der Waals surface area contributed by atoms with E-state index in [1.807, 2.05) is 25.1 Å². The highest BCUT2D eigenvalue weighted by Crippen LogP contribution is 2.35. The maximum Gasteiger partial charge on any atom is 0.269 e. The van der Waals surface area contributed by atoms with Gasteiger partial charge in [-0.2, -0.15) is 5.26 Å². The third-order valence-corrected chi connectivity index (χ3v) is 5.66. The van der Waals surface area contributed by atoms with Crippen molar-refractivity contribution in [3.63, 3.8) is 0 Å². The van der Waals surface area contributed by atoms with Gasteiger partial charge >= 0.3 is 0 Å². The average molecular weight is 571 g/mol. The molecule has 9 heteroatoms. The average Bonchev–Trinajstić information content (AvgIpc) is 2.78. The van der Waals surface area contributed by atoms with Gasteiger partial charge in [-0.15, -0.1) is 0 Å². The molecule has 0 radical (unpaired) electrons. The second kappa shape index (κ2) is 10.9. The Labute approximate surface area is 207 Å². The molecule has 3 aromatic carbocycles. The highest BCUT2D eigenvalue weighted by atomic mass is 79.9. The van der Waals surface area contributed by atoms with Crippen LogP contribution in [-0.2, 0) is 4.79 Å². The Kier molecular flexibility index (Phi) is 7.98. The molecular weight excluding hydrogens is 554 g/mol. The minimum Gasteiger partial charge on any atom is -0.482 e. The molecule has 0 aliphatic carbocycles. The van der Waals surface area contributed by atoms with Crippen molar-refractivity contribution in [3.8, 4) is 11.8 Å². The Bertz CT molecular complexity index is 1280. The number of carbonyl (C=O) groups is 1. The van der Waals surface area contributed by atoms with E-state index in [0.29, 0.717) is 27.0 Å². The number of halogens is 2. The summed E-state index contributed by atoms with van der Waals surface area (Å²) in [7, 11) is 0. The lowest BCUT2D eigenvalue weighted by Crippen LogP contribution is -2.21. The number of ether oxygens (including phenoxy) is 1. The molecule has 0 saturated heterocycles. The molecule has 3 aromatic rings. The standard InChI is InChI=1S/C24H17Br2N3O4/c1-15-4-2-3-5-22(15)28-23(30)14-33-24-17(11-19(25)12-21(24)26)10-18(13-27)16-6-8-20(9-7-16)29(31)32/h2-12H,14H2,1H3,(H,28,30)/b18-10+. The van der Waals surface area contributed by atoms with E-state index in [9.17, 15) is 20.2 Å². The normalized spacial score (nSPS) is 10.9. The summed E-state index contributed by atoms with van der Waals surface area (Å²) >= 11 is 6.87. The summed E-state index contributed by atoms with van der Waals surface area (Å²) in [6.45, 7) is 1.65. The van der Waals surface area contributed by atoms with Crippen LogP contribution in [0, 0.1) is 28.4 Å². The topological polar surface area (TPSA) is 105 Å². The van der Waals surface area contributed by atoms with Gasteiger partial charge in [-0.3, -0.25) is 14.9 Å².